The number of hydrogen-bond donors (Lipinski definition) is 2. The maximum atomic E-state index is 12.8. The first-order valence-corrected chi connectivity index (χ1v) is 14.2. The van der Waals surface area contributed by atoms with Gasteiger partial charge in [0.05, 0.1) is 28.3 Å². The van der Waals surface area contributed by atoms with E-state index in [0.717, 1.165) is 75.9 Å². The van der Waals surface area contributed by atoms with E-state index in [4.69, 9.17) is 9.97 Å². The van der Waals surface area contributed by atoms with Crippen molar-refractivity contribution >= 4 is 55.9 Å². The van der Waals surface area contributed by atoms with Gasteiger partial charge in [-0.2, -0.15) is 0 Å². The molecule has 206 valence electrons. The van der Waals surface area contributed by atoms with Crippen molar-refractivity contribution in [2.45, 2.75) is 81.1 Å². The first-order chi connectivity index (χ1) is 19.0. The van der Waals surface area contributed by atoms with Gasteiger partial charge in [-0.15, -0.1) is 0 Å². The summed E-state index contributed by atoms with van der Waals surface area (Å²) in [4.78, 5) is 42.8. The van der Waals surface area contributed by atoms with Crippen LogP contribution in [0.3, 0.4) is 0 Å². The van der Waals surface area contributed by atoms with E-state index in [2.05, 4.69) is 49.8 Å². The molecule has 6 heteroatoms. The number of Topliss-reactive ketones (excluding diaryl/α,β-unsaturated/α-hetero) is 2. The lowest BCUT2D eigenvalue weighted by Crippen LogP contribution is -1.94. The summed E-state index contributed by atoms with van der Waals surface area (Å²) in [6.45, 7) is 15.7. The average molecular weight is 535 g/mol. The van der Waals surface area contributed by atoms with Crippen molar-refractivity contribution in [1.82, 2.24) is 19.9 Å². The summed E-state index contributed by atoms with van der Waals surface area (Å²) in [7, 11) is 0. The minimum Gasteiger partial charge on any atom is -0.355 e. The maximum absolute atomic E-state index is 12.8. The highest BCUT2D eigenvalue weighted by molar-refractivity contribution is 6.27. The van der Waals surface area contributed by atoms with Crippen LogP contribution >= 0.6 is 0 Å². The van der Waals surface area contributed by atoms with Crippen molar-refractivity contribution in [1.29, 1.82) is 0 Å². The highest BCUT2D eigenvalue weighted by Crippen LogP contribution is 2.36. The van der Waals surface area contributed by atoms with Gasteiger partial charge in [-0.1, -0.05) is 26.7 Å². The molecule has 2 aliphatic rings. The summed E-state index contributed by atoms with van der Waals surface area (Å²) in [5.74, 6) is -0.0547. The molecule has 5 rings (SSSR count). The molecule has 3 aromatic rings. The molecule has 8 bridgehead atoms. The monoisotopic (exact) mass is 534 g/mol. The lowest BCUT2D eigenvalue weighted by Gasteiger charge is -2.02. The smallest absolute Gasteiger partial charge is 0.162 e. The van der Waals surface area contributed by atoms with E-state index in [0.29, 0.717) is 28.0 Å². The highest BCUT2D eigenvalue weighted by atomic mass is 16.1. The Labute approximate surface area is 235 Å². The van der Waals surface area contributed by atoms with Gasteiger partial charge in [-0.25, -0.2) is 9.97 Å². The summed E-state index contributed by atoms with van der Waals surface area (Å²) in [5, 5.41) is 0. The van der Waals surface area contributed by atoms with E-state index >= 15 is 0 Å². The second-order valence-corrected chi connectivity index (χ2v) is 11.1. The second-order valence-electron chi connectivity index (χ2n) is 11.1. The van der Waals surface area contributed by atoms with Crippen LogP contribution < -0.4 is 0 Å². The molecule has 0 unspecified atom stereocenters. The van der Waals surface area contributed by atoms with Crippen LogP contribution in [0.1, 0.15) is 111 Å². The number of aromatic nitrogens is 4. The molecule has 0 atom stereocenters. The topological polar surface area (TPSA) is 91.5 Å². The molecule has 2 aliphatic heterocycles. The SMILES string of the molecule is CCCC1=C(C)c2cc3[nH]c(cc4nc(cc5[nH]c(cc1n2)c(CCC)c5C)C(C(C)=O)=C4C)c(C(C)=O)c3C. The Morgan fingerprint density at radius 3 is 1.85 bits per heavy atom. The molecule has 0 aliphatic carbocycles. The van der Waals surface area contributed by atoms with Crippen LogP contribution in [0.5, 0.6) is 0 Å². The van der Waals surface area contributed by atoms with Gasteiger partial charge in [0, 0.05) is 27.7 Å². The van der Waals surface area contributed by atoms with Crippen LogP contribution in [0.2, 0.25) is 0 Å². The number of allylic oxidation sites excluding steroid dienone is 4. The summed E-state index contributed by atoms with van der Waals surface area (Å²) in [6, 6.07) is 8.13. The number of carbonyl (C=O) groups excluding carboxylic acids is 2. The van der Waals surface area contributed by atoms with Crippen molar-refractivity contribution in [3.8, 4) is 0 Å². The van der Waals surface area contributed by atoms with E-state index in [1.165, 1.54) is 11.1 Å². The quantitative estimate of drug-likeness (QED) is 0.311. The zero-order chi connectivity index (χ0) is 28.9. The van der Waals surface area contributed by atoms with Crippen LogP contribution in [0.15, 0.2) is 24.3 Å². The van der Waals surface area contributed by atoms with Crippen molar-refractivity contribution in [3.63, 3.8) is 0 Å². The molecule has 0 amide bonds. The number of aryl methyl sites for hydroxylation is 3. The molecule has 40 heavy (non-hydrogen) atoms. The van der Waals surface area contributed by atoms with Crippen LogP contribution in [0, 0.1) is 13.8 Å². The molecular formula is C34H38N4O2. The van der Waals surface area contributed by atoms with Gasteiger partial charge in [0.1, 0.15) is 0 Å². The van der Waals surface area contributed by atoms with Crippen molar-refractivity contribution in [3.05, 3.63) is 69.3 Å². The largest absolute Gasteiger partial charge is 0.355 e. The lowest BCUT2D eigenvalue weighted by atomic mass is 10.0. The summed E-state index contributed by atoms with van der Waals surface area (Å²) in [5.41, 5.74) is 14.5. The zero-order valence-electron chi connectivity index (χ0n) is 24.8. The molecule has 5 heterocycles. The van der Waals surface area contributed by atoms with E-state index < -0.39 is 0 Å². The summed E-state index contributed by atoms with van der Waals surface area (Å²) >= 11 is 0. The Balaban J connectivity index is 2.01. The van der Waals surface area contributed by atoms with Crippen LogP contribution in [-0.4, -0.2) is 31.5 Å². The number of carbonyl (C=O) groups is 2. The van der Waals surface area contributed by atoms with Gasteiger partial charge in [-0.3, -0.25) is 9.59 Å². The van der Waals surface area contributed by atoms with Gasteiger partial charge in [0.15, 0.2) is 11.6 Å². The highest BCUT2D eigenvalue weighted by Gasteiger charge is 2.23. The predicted molar refractivity (Wildman–Crippen MR) is 165 cm³/mol. The van der Waals surface area contributed by atoms with E-state index in [-0.39, 0.29) is 11.6 Å². The number of hydrogen-bond acceptors (Lipinski definition) is 4. The molecule has 0 saturated heterocycles. The van der Waals surface area contributed by atoms with Crippen LogP contribution in [0.4, 0.5) is 0 Å². The Morgan fingerprint density at radius 1 is 0.650 bits per heavy atom. The minimum absolute atomic E-state index is 0.0223. The number of nitrogens with zero attached hydrogens (tertiary/aromatic N) is 2. The molecule has 0 spiro atoms. The fourth-order valence-corrected chi connectivity index (χ4v) is 6.14. The fourth-order valence-electron chi connectivity index (χ4n) is 6.14. The Bertz CT molecular complexity index is 1810. The first kappa shape index (κ1) is 27.5. The predicted octanol–water partition coefficient (Wildman–Crippen LogP) is 8.34. The van der Waals surface area contributed by atoms with Crippen LogP contribution in [-0.2, 0) is 11.2 Å². The van der Waals surface area contributed by atoms with E-state index in [1.54, 1.807) is 13.8 Å². The second kappa shape index (κ2) is 10.5. The fraction of sp³-hybridized carbons (Fsp3) is 0.353. The van der Waals surface area contributed by atoms with Gasteiger partial charge >= 0.3 is 0 Å². The van der Waals surface area contributed by atoms with E-state index in [1.807, 2.05) is 26.0 Å². The number of nitrogens with one attached hydrogen (secondary N) is 2. The number of H-pyrrole nitrogens is 2. The molecule has 6 nitrogen and oxygen atoms in total. The number of rotatable bonds is 6. The van der Waals surface area contributed by atoms with Gasteiger partial charge in [0.2, 0.25) is 0 Å². The molecule has 0 aromatic carbocycles. The summed E-state index contributed by atoms with van der Waals surface area (Å²) < 4.78 is 0. The third-order valence-corrected chi connectivity index (χ3v) is 8.24. The number of aromatic amines is 2. The third-order valence-electron chi connectivity index (χ3n) is 8.24. The Morgan fingerprint density at radius 2 is 1.20 bits per heavy atom. The lowest BCUT2D eigenvalue weighted by molar-refractivity contribution is -0.111. The zero-order valence-corrected chi connectivity index (χ0v) is 24.8. The molecule has 2 N–H and O–H groups in total. The minimum atomic E-state index is -0.0324. The van der Waals surface area contributed by atoms with Crippen molar-refractivity contribution in [2.75, 3.05) is 0 Å². The van der Waals surface area contributed by atoms with Gasteiger partial charge in [0.25, 0.3) is 0 Å². The molecule has 0 fully saturated rings. The van der Waals surface area contributed by atoms with Gasteiger partial charge < -0.3 is 9.97 Å². The van der Waals surface area contributed by atoms with Crippen molar-refractivity contribution < 1.29 is 9.59 Å². The standard InChI is InChI=1S/C34H38N4O2/c1-9-11-23-17(3)25-13-27-19(5)33(21(7)39)32(37-27)15-28-20(6)34(22(8)40)31(38-28)14-26-18(4)24(12-10-2)30(36-26)16-29(23)35-25/h13-16,36-37H,9-12H2,1-8H3. The van der Waals surface area contributed by atoms with Crippen molar-refractivity contribution in [2.24, 2.45) is 0 Å². The van der Waals surface area contributed by atoms with E-state index in [9.17, 15) is 9.59 Å². The number of fused-ring (bicyclic) bond motifs is 8. The van der Waals surface area contributed by atoms with Crippen LogP contribution in [0.25, 0.3) is 44.4 Å². The third kappa shape index (κ3) is 4.55. The molecule has 0 radical (unpaired) electrons. The van der Waals surface area contributed by atoms with Gasteiger partial charge in [-0.05, 0) is 112 Å². The Kier molecular flexibility index (Phi) is 7.21. The first-order valence-electron chi connectivity index (χ1n) is 14.2. The normalized spacial score (nSPS) is 13.4. The maximum Gasteiger partial charge on any atom is 0.162 e. The summed E-state index contributed by atoms with van der Waals surface area (Å²) in [6.07, 6.45) is 3.91. The number of ketones is 2. The molecule has 0 saturated carbocycles. The Hall–Kier alpha value is -4.06. The molecule has 3 aromatic heterocycles. The molecular weight excluding hydrogens is 496 g/mol. The average Bonchev–Trinajstić information content (AvgIpc) is 3.55.